The summed E-state index contributed by atoms with van der Waals surface area (Å²) in [7, 11) is 0. The van der Waals surface area contributed by atoms with E-state index in [9.17, 15) is 19.2 Å². The predicted octanol–water partition coefficient (Wildman–Crippen LogP) is 3.02. The molecule has 2 atom stereocenters. The number of aryl methyl sites for hydroxylation is 1. The molecule has 2 N–H and O–H groups in total. The van der Waals surface area contributed by atoms with Crippen LogP contribution in [0.3, 0.4) is 0 Å². The highest BCUT2D eigenvalue weighted by Crippen LogP contribution is 2.35. The number of hydrogen-bond donors (Lipinski definition) is 2. The lowest BCUT2D eigenvalue weighted by atomic mass is 9.83. The van der Waals surface area contributed by atoms with Crippen molar-refractivity contribution in [2.45, 2.75) is 32.8 Å². The molecule has 2 aromatic rings. The zero-order chi connectivity index (χ0) is 22.8. The Bertz CT molecular complexity index is 1180. The van der Waals surface area contributed by atoms with Gasteiger partial charge in [0.1, 0.15) is 6.61 Å². The number of Topliss-reactive ketones (excluding diaryl/α,β-unsaturated/α-hetero) is 1. The minimum Gasteiger partial charge on any atom is -0.444 e. The van der Waals surface area contributed by atoms with Gasteiger partial charge >= 0.3 is 6.09 Å². The van der Waals surface area contributed by atoms with Crippen LogP contribution in [0.15, 0.2) is 36.4 Å². The van der Waals surface area contributed by atoms with E-state index >= 15 is 0 Å². The van der Waals surface area contributed by atoms with Gasteiger partial charge in [-0.2, -0.15) is 5.26 Å². The molecule has 2 unspecified atom stereocenters. The molecule has 0 radical (unpaired) electrons. The Hall–Kier alpha value is -3.99. The summed E-state index contributed by atoms with van der Waals surface area (Å²) in [5.41, 5.74) is 3.75. The minimum absolute atomic E-state index is 0.0353. The van der Waals surface area contributed by atoms with Crippen LogP contribution >= 0.6 is 0 Å². The van der Waals surface area contributed by atoms with Crippen LogP contribution in [-0.2, 0) is 27.4 Å². The molecule has 1 heterocycles. The van der Waals surface area contributed by atoms with E-state index in [1.165, 1.54) is 0 Å². The molecular formula is C24H21N3O5. The first-order valence-electron chi connectivity index (χ1n) is 10.3. The van der Waals surface area contributed by atoms with Crippen molar-refractivity contribution in [3.8, 4) is 6.07 Å². The van der Waals surface area contributed by atoms with Gasteiger partial charge in [0.15, 0.2) is 5.78 Å². The molecule has 32 heavy (non-hydrogen) atoms. The summed E-state index contributed by atoms with van der Waals surface area (Å²) >= 11 is 0. The van der Waals surface area contributed by atoms with Crippen molar-refractivity contribution in [2.24, 2.45) is 11.8 Å². The zero-order valence-electron chi connectivity index (χ0n) is 17.4. The van der Waals surface area contributed by atoms with E-state index in [4.69, 9.17) is 10.00 Å². The number of hydrogen-bond acceptors (Lipinski definition) is 6. The standard InChI is InChI=1S/C24H21N3O5/c1-13-2-5-17(9-16(13)11-25)26-24(31)32-12-14-3-4-15-10-20(22(29)19(15)8-14)18-6-7-21(28)27-23(18)30/h2-5,8-9,18,20H,6-7,10,12H2,1H3,(H,26,31)(H,27,28,30). The zero-order valence-corrected chi connectivity index (χ0v) is 17.4. The lowest BCUT2D eigenvalue weighted by Crippen LogP contribution is -2.44. The molecule has 8 nitrogen and oxygen atoms in total. The SMILES string of the molecule is Cc1ccc(NC(=O)OCc2ccc3c(c2)C(=O)C(C2CCC(=O)NC2=O)C3)cc1C#N. The summed E-state index contributed by atoms with van der Waals surface area (Å²) in [4.78, 5) is 48.6. The van der Waals surface area contributed by atoms with Crippen molar-refractivity contribution in [1.29, 1.82) is 5.26 Å². The summed E-state index contributed by atoms with van der Waals surface area (Å²) in [5, 5.41) is 14.0. The number of nitriles is 1. The van der Waals surface area contributed by atoms with Crippen LogP contribution in [0.5, 0.6) is 0 Å². The Labute approximate surface area is 184 Å². The number of piperidine rings is 1. The lowest BCUT2D eigenvalue weighted by molar-refractivity contribution is -0.137. The fourth-order valence-electron chi connectivity index (χ4n) is 4.19. The van der Waals surface area contributed by atoms with Crippen LogP contribution in [0, 0.1) is 30.1 Å². The van der Waals surface area contributed by atoms with Crippen molar-refractivity contribution in [2.75, 3.05) is 5.32 Å². The molecule has 1 fully saturated rings. The molecule has 0 aromatic heterocycles. The molecule has 0 bridgehead atoms. The normalized spacial score (nSPS) is 19.7. The molecule has 4 rings (SSSR count). The van der Waals surface area contributed by atoms with E-state index < -0.39 is 17.9 Å². The first-order valence-corrected chi connectivity index (χ1v) is 10.3. The largest absolute Gasteiger partial charge is 0.444 e. The van der Waals surface area contributed by atoms with Gasteiger partial charge in [-0.25, -0.2) is 4.79 Å². The highest BCUT2D eigenvalue weighted by atomic mass is 16.5. The highest BCUT2D eigenvalue weighted by molar-refractivity contribution is 6.07. The molecule has 1 aliphatic carbocycles. The van der Waals surface area contributed by atoms with Crippen molar-refractivity contribution in [3.63, 3.8) is 0 Å². The van der Waals surface area contributed by atoms with E-state index in [2.05, 4.69) is 16.7 Å². The number of ether oxygens (including phenoxy) is 1. The summed E-state index contributed by atoms with van der Waals surface area (Å²) < 4.78 is 5.26. The number of rotatable bonds is 4. The number of carbonyl (C=O) groups excluding carboxylic acids is 4. The number of imide groups is 1. The molecule has 1 aliphatic heterocycles. The van der Waals surface area contributed by atoms with E-state index in [1.54, 1.807) is 37.3 Å². The number of benzene rings is 2. The number of ketones is 1. The summed E-state index contributed by atoms with van der Waals surface area (Å²) in [6.45, 7) is 1.77. The average molecular weight is 431 g/mol. The fourth-order valence-corrected chi connectivity index (χ4v) is 4.19. The number of nitrogens with one attached hydrogen (secondary N) is 2. The minimum atomic E-state index is -0.675. The first kappa shape index (κ1) is 21.2. The fraction of sp³-hybridized carbons (Fsp3) is 0.292. The molecule has 8 heteroatoms. The molecule has 2 aliphatic rings. The molecule has 1 saturated heterocycles. The molecule has 0 saturated carbocycles. The molecular weight excluding hydrogens is 410 g/mol. The van der Waals surface area contributed by atoms with Gasteiger partial charge < -0.3 is 4.74 Å². The lowest BCUT2D eigenvalue weighted by Gasteiger charge is -2.24. The van der Waals surface area contributed by atoms with Gasteiger partial charge in [0, 0.05) is 29.5 Å². The van der Waals surface area contributed by atoms with Gasteiger partial charge in [-0.05, 0) is 54.7 Å². The predicted molar refractivity (Wildman–Crippen MR) is 114 cm³/mol. The van der Waals surface area contributed by atoms with E-state index in [0.29, 0.717) is 35.2 Å². The maximum absolute atomic E-state index is 12.9. The number of anilines is 1. The molecule has 162 valence electrons. The summed E-state index contributed by atoms with van der Waals surface area (Å²) in [6.07, 6.45) is 0.390. The second kappa shape index (κ2) is 8.63. The molecule has 3 amide bonds. The van der Waals surface area contributed by atoms with Crippen LogP contribution < -0.4 is 10.6 Å². The Morgan fingerprint density at radius 3 is 2.75 bits per heavy atom. The van der Waals surface area contributed by atoms with Crippen LogP contribution in [0.2, 0.25) is 0 Å². The van der Waals surface area contributed by atoms with Crippen LogP contribution in [0.25, 0.3) is 0 Å². The van der Waals surface area contributed by atoms with Gasteiger partial charge in [0.05, 0.1) is 11.6 Å². The number of carbonyl (C=O) groups is 4. The Balaban J connectivity index is 1.38. The van der Waals surface area contributed by atoms with Crippen molar-refractivity contribution >= 4 is 29.4 Å². The van der Waals surface area contributed by atoms with E-state index in [0.717, 1.165) is 11.1 Å². The third-order valence-corrected chi connectivity index (χ3v) is 5.96. The van der Waals surface area contributed by atoms with Gasteiger partial charge in [0.25, 0.3) is 0 Å². The number of amides is 3. The second-order valence-electron chi connectivity index (χ2n) is 8.07. The monoisotopic (exact) mass is 431 g/mol. The van der Waals surface area contributed by atoms with Crippen LogP contribution in [-0.4, -0.2) is 23.7 Å². The third kappa shape index (κ3) is 4.23. The molecule has 2 aromatic carbocycles. The Morgan fingerprint density at radius 2 is 2.00 bits per heavy atom. The van der Waals surface area contributed by atoms with Gasteiger partial charge in [-0.15, -0.1) is 0 Å². The Morgan fingerprint density at radius 1 is 1.19 bits per heavy atom. The smallest absolute Gasteiger partial charge is 0.411 e. The van der Waals surface area contributed by atoms with Gasteiger partial charge in [0.2, 0.25) is 11.8 Å². The number of fused-ring (bicyclic) bond motifs is 1. The average Bonchev–Trinajstić information content (AvgIpc) is 3.09. The van der Waals surface area contributed by atoms with Gasteiger partial charge in [-0.1, -0.05) is 18.2 Å². The summed E-state index contributed by atoms with van der Waals surface area (Å²) in [6, 6.07) is 12.3. The van der Waals surface area contributed by atoms with Crippen molar-refractivity contribution in [3.05, 3.63) is 64.2 Å². The number of nitrogens with zero attached hydrogens (tertiary/aromatic N) is 1. The topological polar surface area (TPSA) is 125 Å². The maximum atomic E-state index is 12.9. The van der Waals surface area contributed by atoms with Crippen molar-refractivity contribution in [1.82, 2.24) is 5.32 Å². The molecule has 0 spiro atoms. The van der Waals surface area contributed by atoms with Crippen LogP contribution in [0.4, 0.5) is 10.5 Å². The quantitative estimate of drug-likeness (QED) is 0.717. The summed E-state index contributed by atoms with van der Waals surface area (Å²) in [5.74, 6) is -1.80. The van der Waals surface area contributed by atoms with Crippen molar-refractivity contribution < 1.29 is 23.9 Å². The third-order valence-electron chi connectivity index (χ3n) is 5.96. The van der Waals surface area contributed by atoms with E-state index in [-0.39, 0.29) is 30.6 Å². The highest BCUT2D eigenvalue weighted by Gasteiger charge is 2.41. The Kier molecular flexibility index (Phi) is 5.73. The van der Waals surface area contributed by atoms with E-state index in [1.807, 2.05) is 6.07 Å². The first-order chi connectivity index (χ1) is 15.4. The second-order valence-corrected chi connectivity index (χ2v) is 8.07. The maximum Gasteiger partial charge on any atom is 0.411 e. The van der Waals surface area contributed by atoms with Gasteiger partial charge in [-0.3, -0.25) is 25.0 Å². The van der Waals surface area contributed by atoms with Crippen LogP contribution in [0.1, 0.15) is 45.5 Å².